The summed E-state index contributed by atoms with van der Waals surface area (Å²) >= 11 is 0. The minimum atomic E-state index is -0.504. The Bertz CT molecular complexity index is 863. The maximum absolute atomic E-state index is 12.1. The highest BCUT2D eigenvalue weighted by molar-refractivity contribution is 6.06. The number of rotatable bonds is 2. The molecule has 5 heteroatoms. The van der Waals surface area contributed by atoms with E-state index in [0.29, 0.717) is 16.5 Å². The van der Waals surface area contributed by atoms with Crippen molar-refractivity contribution in [3.8, 4) is 17.2 Å². The van der Waals surface area contributed by atoms with Gasteiger partial charge in [0.2, 0.25) is 5.75 Å². The molecule has 1 heterocycles. The lowest BCUT2D eigenvalue weighted by atomic mass is 10.1. The predicted molar refractivity (Wildman–Crippen MR) is 74.8 cm³/mol. The number of hydrogen-bond acceptors (Lipinski definition) is 5. The van der Waals surface area contributed by atoms with Gasteiger partial charge in [-0.15, -0.1) is 0 Å². The average Bonchev–Trinajstić information content (AvgIpc) is 2.47. The Morgan fingerprint density at radius 2 is 1.75 bits per heavy atom. The lowest BCUT2D eigenvalue weighted by molar-refractivity contribution is 0.369. The molecule has 0 unspecified atom stereocenters. The highest BCUT2D eigenvalue weighted by atomic mass is 16.5. The Morgan fingerprint density at radius 1 is 1.00 bits per heavy atom. The molecule has 0 spiro atoms. The number of benzene rings is 2. The number of hydrogen-bond donors (Lipinski definition) is 1. The molecule has 0 amide bonds. The summed E-state index contributed by atoms with van der Waals surface area (Å²) in [5.41, 5.74) is -0.273. The first-order chi connectivity index (χ1) is 9.65. The van der Waals surface area contributed by atoms with Gasteiger partial charge in [-0.25, -0.2) is 4.79 Å². The summed E-state index contributed by atoms with van der Waals surface area (Å²) in [5.74, 6) is 0.656. The second-order valence-corrected chi connectivity index (χ2v) is 4.30. The normalized spacial score (nSPS) is 10.9. The van der Waals surface area contributed by atoms with Gasteiger partial charge in [0, 0.05) is 10.8 Å². The van der Waals surface area contributed by atoms with E-state index in [1.165, 1.54) is 20.3 Å². The molecule has 1 aromatic heterocycles. The highest BCUT2D eigenvalue weighted by Crippen LogP contribution is 2.37. The molecule has 0 aliphatic carbocycles. The van der Waals surface area contributed by atoms with Crippen LogP contribution in [0.3, 0.4) is 0 Å². The van der Waals surface area contributed by atoms with Gasteiger partial charge in [0.05, 0.1) is 19.6 Å². The van der Waals surface area contributed by atoms with Crippen LogP contribution in [0.1, 0.15) is 0 Å². The third-order valence-electron chi connectivity index (χ3n) is 3.23. The fourth-order valence-electron chi connectivity index (χ4n) is 2.26. The number of phenols is 1. The van der Waals surface area contributed by atoms with Crippen molar-refractivity contribution in [2.45, 2.75) is 0 Å². The highest BCUT2D eigenvalue weighted by Gasteiger charge is 2.15. The van der Waals surface area contributed by atoms with Crippen LogP contribution in [0.2, 0.25) is 0 Å². The Hall–Kier alpha value is -2.69. The van der Waals surface area contributed by atoms with E-state index in [-0.39, 0.29) is 17.1 Å². The fourth-order valence-corrected chi connectivity index (χ4v) is 2.26. The van der Waals surface area contributed by atoms with Gasteiger partial charge in [-0.3, -0.25) is 0 Å². The van der Waals surface area contributed by atoms with Crippen LogP contribution < -0.4 is 15.1 Å². The lowest BCUT2D eigenvalue weighted by Crippen LogP contribution is -2.01. The molecule has 102 valence electrons. The number of ether oxygens (including phenoxy) is 2. The second kappa shape index (κ2) is 4.45. The first-order valence-corrected chi connectivity index (χ1v) is 5.96. The summed E-state index contributed by atoms with van der Waals surface area (Å²) < 4.78 is 15.5. The first kappa shape index (κ1) is 12.3. The van der Waals surface area contributed by atoms with Gasteiger partial charge in [-0.2, -0.15) is 0 Å². The molecular formula is C15H12O5. The summed E-state index contributed by atoms with van der Waals surface area (Å²) in [6.45, 7) is 0. The molecule has 0 saturated heterocycles. The molecule has 0 aliphatic heterocycles. The van der Waals surface area contributed by atoms with Gasteiger partial charge in [-0.05, 0) is 30.3 Å². The van der Waals surface area contributed by atoms with Gasteiger partial charge < -0.3 is 19.0 Å². The van der Waals surface area contributed by atoms with Crippen molar-refractivity contribution in [2.24, 2.45) is 0 Å². The van der Waals surface area contributed by atoms with Crippen molar-refractivity contribution in [3.05, 3.63) is 40.8 Å². The number of fused-ring (bicyclic) bond motifs is 3. The minimum Gasteiger partial charge on any atom is -0.504 e. The molecular weight excluding hydrogens is 260 g/mol. The van der Waals surface area contributed by atoms with Crippen LogP contribution in [0.15, 0.2) is 39.5 Å². The van der Waals surface area contributed by atoms with E-state index >= 15 is 0 Å². The molecule has 20 heavy (non-hydrogen) atoms. The Morgan fingerprint density at radius 3 is 2.45 bits per heavy atom. The van der Waals surface area contributed by atoms with E-state index in [2.05, 4.69) is 0 Å². The van der Waals surface area contributed by atoms with Crippen LogP contribution >= 0.6 is 0 Å². The molecule has 0 atom stereocenters. The van der Waals surface area contributed by atoms with Crippen LogP contribution in [-0.2, 0) is 0 Å². The Labute approximate surface area is 114 Å². The van der Waals surface area contributed by atoms with E-state index in [0.717, 1.165) is 5.39 Å². The van der Waals surface area contributed by atoms with E-state index in [1.807, 2.05) is 0 Å². The van der Waals surface area contributed by atoms with Crippen molar-refractivity contribution in [1.82, 2.24) is 0 Å². The van der Waals surface area contributed by atoms with Crippen LogP contribution in [0.4, 0.5) is 0 Å². The zero-order chi connectivity index (χ0) is 14.3. The van der Waals surface area contributed by atoms with Crippen LogP contribution in [-0.4, -0.2) is 19.3 Å². The lowest BCUT2D eigenvalue weighted by Gasteiger charge is -2.09. The Kier molecular flexibility index (Phi) is 2.75. The van der Waals surface area contributed by atoms with E-state index in [1.54, 1.807) is 24.3 Å². The quantitative estimate of drug-likeness (QED) is 0.573. The summed E-state index contributed by atoms with van der Waals surface area (Å²) in [5, 5.41) is 11.6. The maximum Gasteiger partial charge on any atom is 0.344 e. The number of phenolic OH excluding ortho intramolecular Hbond substituents is 1. The minimum absolute atomic E-state index is 0.0731. The molecule has 3 aromatic rings. The summed E-state index contributed by atoms with van der Waals surface area (Å²) in [6, 6.07) is 8.36. The molecule has 3 rings (SSSR count). The van der Waals surface area contributed by atoms with Gasteiger partial charge >= 0.3 is 5.63 Å². The van der Waals surface area contributed by atoms with E-state index in [4.69, 9.17) is 13.9 Å². The zero-order valence-corrected chi connectivity index (χ0v) is 11.0. The monoisotopic (exact) mass is 272 g/mol. The standard InChI is InChI=1S/C15H12O5/c1-18-8-3-4-9-10-5-6-12(16)14(19-2)13(10)20-15(17)11(9)7-8/h3-7,16H,1-2H3. The topological polar surface area (TPSA) is 68.9 Å². The third kappa shape index (κ3) is 1.67. The van der Waals surface area contributed by atoms with E-state index in [9.17, 15) is 9.90 Å². The van der Waals surface area contributed by atoms with Gasteiger partial charge in [-0.1, -0.05) is 0 Å². The van der Waals surface area contributed by atoms with Gasteiger partial charge in [0.1, 0.15) is 5.75 Å². The molecule has 0 aliphatic rings. The summed E-state index contributed by atoms with van der Waals surface area (Å²) in [6.07, 6.45) is 0. The fraction of sp³-hybridized carbons (Fsp3) is 0.133. The van der Waals surface area contributed by atoms with E-state index < -0.39 is 5.63 Å². The number of methoxy groups -OCH3 is 2. The maximum atomic E-state index is 12.1. The van der Waals surface area contributed by atoms with Gasteiger partial charge in [0.25, 0.3) is 0 Å². The number of aromatic hydroxyl groups is 1. The van der Waals surface area contributed by atoms with Crippen LogP contribution in [0, 0.1) is 0 Å². The van der Waals surface area contributed by atoms with Crippen LogP contribution in [0.5, 0.6) is 17.2 Å². The molecule has 5 nitrogen and oxygen atoms in total. The molecule has 0 radical (unpaired) electrons. The van der Waals surface area contributed by atoms with Gasteiger partial charge in [0.15, 0.2) is 11.3 Å². The van der Waals surface area contributed by atoms with Crippen molar-refractivity contribution in [1.29, 1.82) is 0 Å². The molecule has 0 saturated carbocycles. The SMILES string of the molecule is COc1ccc2c(c1)c(=O)oc1c(OC)c(O)ccc12. The average molecular weight is 272 g/mol. The van der Waals surface area contributed by atoms with Crippen molar-refractivity contribution < 1.29 is 19.0 Å². The predicted octanol–water partition coefficient (Wildman–Crippen LogP) is 2.67. The van der Waals surface area contributed by atoms with Crippen LogP contribution in [0.25, 0.3) is 21.7 Å². The molecule has 1 N–H and O–H groups in total. The zero-order valence-electron chi connectivity index (χ0n) is 11.0. The molecule has 2 aromatic carbocycles. The third-order valence-corrected chi connectivity index (χ3v) is 3.23. The molecule has 0 bridgehead atoms. The van der Waals surface area contributed by atoms with Crippen molar-refractivity contribution in [3.63, 3.8) is 0 Å². The first-order valence-electron chi connectivity index (χ1n) is 5.96. The Balaban J connectivity index is 2.52. The van der Waals surface area contributed by atoms with Crippen molar-refractivity contribution >= 4 is 21.7 Å². The second-order valence-electron chi connectivity index (χ2n) is 4.30. The molecule has 0 fully saturated rings. The summed E-state index contributed by atoms with van der Waals surface area (Å²) in [7, 11) is 2.94. The van der Waals surface area contributed by atoms with Crippen molar-refractivity contribution in [2.75, 3.05) is 14.2 Å². The largest absolute Gasteiger partial charge is 0.504 e. The summed E-state index contributed by atoms with van der Waals surface area (Å²) in [4.78, 5) is 12.1. The smallest absolute Gasteiger partial charge is 0.344 e.